The topological polar surface area (TPSA) is 124 Å². The molecule has 0 aliphatic carbocycles. The molecule has 34 heavy (non-hydrogen) atoms. The van der Waals surface area contributed by atoms with E-state index < -0.39 is 10.0 Å². The molecule has 0 atom stereocenters. The molecule has 0 aliphatic rings. The number of carbonyl (C=O) groups excluding carboxylic acids is 1. The summed E-state index contributed by atoms with van der Waals surface area (Å²) in [5.74, 6) is 0.558. The van der Waals surface area contributed by atoms with Crippen molar-refractivity contribution in [2.45, 2.75) is 17.7 Å². The fourth-order valence-electron chi connectivity index (χ4n) is 3.39. The molecule has 0 spiro atoms. The average molecular weight is 477 g/mol. The Bertz CT molecular complexity index is 1370. The summed E-state index contributed by atoms with van der Waals surface area (Å²) in [7, 11) is -2.17. The Kier molecular flexibility index (Phi) is 6.80. The number of hydrogen-bond donors (Lipinski definition) is 1. The van der Waals surface area contributed by atoms with E-state index in [1.54, 1.807) is 11.9 Å². The molecule has 2 aromatic carbocycles. The van der Waals surface area contributed by atoms with Crippen molar-refractivity contribution in [3.8, 4) is 5.82 Å². The van der Waals surface area contributed by atoms with Crippen LogP contribution in [0.4, 0.5) is 0 Å². The van der Waals surface area contributed by atoms with E-state index in [4.69, 9.17) is 5.14 Å². The van der Waals surface area contributed by atoms with E-state index in [9.17, 15) is 13.2 Å². The number of nitrogens with two attached hydrogens (primary N) is 1. The standard InChI is InChI=1S/C24H24N6O3S/c1-29(15-14-18-8-4-2-5-9-18)24(31)23-27-22(16-19-10-6-3-7-11-19)30(28-23)21-13-12-20(17-26-21)34(25,32)33/h2-13,17H,14-16H2,1H3,(H2,25,32,33). The van der Waals surface area contributed by atoms with Gasteiger partial charge in [-0.1, -0.05) is 60.7 Å². The number of amides is 1. The molecule has 0 unspecified atom stereocenters. The maximum atomic E-state index is 13.1. The normalized spacial score (nSPS) is 11.4. The lowest BCUT2D eigenvalue weighted by Crippen LogP contribution is -2.29. The highest BCUT2D eigenvalue weighted by Gasteiger charge is 2.21. The quantitative estimate of drug-likeness (QED) is 0.416. The van der Waals surface area contributed by atoms with E-state index >= 15 is 0 Å². The van der Waals surface area contributed by atoms with Crippen LogP contribution in [0.5, 0.6) is 0 Å². The molecule has 4 aromatic rings. The number of pyridine rings is 1. The zero-order valence-corrected chi connectivity index (χ0v) is 19.4. The first-order valence-corrected chi connectivity index (χ1v) is 12.1. The van der Waals surface area contributed by atoms with Crippen molar-refractivity contribution in [1.82, 2.24) is 24.6 Å². The lowest BCUT2D eigenvalue weighted by molar-refractivity contribution is 0.0784. The second-order valence-corrected chi connectivity index (χ2v) is 9.35. The molecule has 9 nitrogen and oxygen atoms in total. The Labute approximate surface area is 197 Å². The zero-order chi connectivity index (χ0) is 24.1. The Balaban J connectivity index is 1.62. The molecule has 1 amide bonds. The first-order chi connectivity index (χ1) is 16.3. The molecule has 2 aromatic heterocycles. The molecule has 2 N–H and O–H groups in total. The van der Waals surface area contributed by atoms with Crippen molar-refractivity contribution in [3.63, 3.8) is 0 Å². The van der Waals surface area contributed by atoms with E-state index in [0.717, 1.165) is 17.3 Å². The van der Waals surface area contributed by atoms with Crippen LogP contribution in [0.15, 0.2) is 83.9 Å². The molecule has 10 heteroatoms. The predicted molar refractivity (Wildman–Crippen MR) is 127 cm³/mol. The highest BCUT2D eigenvalue weighted by atomic mass is 32.2. The predicted octanol–water partition coefficient (Wildman–Crippen LogP) is 2.22. The Morgan fingerprint density at radius 1 is 0.971 bits per heavy atom. The van der Waals surface area contributed by atoms with Gasteiger partial charge in [-0.15, -0.1) is 5.10 Å². The summed E-state index contributed by atoms with van der Waals surface area (Å²) in [4.78, 5) is 23.2. The highest BCUT2D eigenvalue weighted by Crippen LogP contribution is 2.15. The summed E-state index contributed by atoms with van der Waals surface area (Å²) in [6.07, 6.45) is 2.27. The molecule has 174 valence electrons. The number of rotatable bonds is 8. The lowest BCUT2D eigenvalue weighted by Gasteiger charge is -2.15. The molecule has 0 aliphatic heterocycles. The molecule has 0 saturated heterocycles. The van der Waals surface area contributed by atoms with Crippen molar-refractivity contribution in [2.24, 2.45) is 5.14 Å². The number of sulfonamides is 1. The van der Waals surface area contributed by atoms with Gasteiger partial charge in [0.25, 0.3) is 5.91 Å². The van der Waals surface area contributed by atoms with Crippen LogP contribution in [0.2, 0.25) is 0 Å². The van der Waals surface area contributed by atoms with Gasteiger partial charge < -0.3 is 4.90 Å². The molecule has 0 bridgehead atoms. The molecule has 4 rings (SSSR count). The van der Waals surface area contributed by atoms with Crippen LogP contribution in [0.3, 0.4) is 0 Å². The molecule has 2 heterocycles. The summed E-state index contributed by atoms with van der Waals surface area (Å²) in [6.45, 7) is 0.507. The van der Waals surface area contributed by atoms with E-state index in [-0.39, 0.29) is 16.6 Å². The fraction of sp³-hybridized carbons (Fsp3) is 0.167. The van der Waals surface area contributed by atoms with E-state index in [0.29, 0.717) is 31.0 Å². The van der Waals surface area contributed by atoms with E-state index in [1.807, 2.05) is 60.7 Å². The molecular formula is C24H24N6O3S. The van der Waals surface area contributed by atoms with Crippen molar-refractivity contribution in [3.05, 3.63) is 102 Å². The molecular weight excluding hydrogens is 452 g/mol. The van der Waals surface area contributed by atoms with Gasteiger partial charge >= 0.3 is 0 Å². The number of hydrogen-bond acceptors (Lipinski definition) is 6. The highest BCUT2D eigenvalue weighted by molar-refractivity contribution is 7.89. The third-order valence-corrected chi connectivity index (χ3v) is 6.16. The Morgan fingerprint density at radius 2 is 1.62 bits per heavy atom. The van der Waals surface area contributed by atoms with E-state index in [2.05, 4.69) is 15.1 Å². The Morgan fingerprint density at radius 3 is 2.21 bits per heavy atom. The van der Waals surface area contributed by atoms with Crippen LogP contribution in [0, 0.1) is 0 Å². The Hall–Kier alpha value is -3.89. The third-order valence-electron chi connectivity index (χ3n) is 5.26. The van der Waals surface area contributed by atoms with Crippen molar-refractivity contribution in [2.75, 3.05) is 13.6 Å². The second-order valence-electron chi connectivity index (χ2n) is 7.79. The third kappa shape index (κ3) is 5.53. The monoisotopic (exact) mass is 476 g/mol. The smallest absolute Gasteiger partial charge is 0.293 e. The van der Waals surface area contributed by atoms with Gasteiger partial charge in [0, 0.05) is 26.2 Å². The number of carbonyl (C=O) groups is 1. The van der Waals surface area contributed by atoms with Gasteiger partial charge in [-0.05, 0) is 29.7 Å². The van der Waals surface area contributed by atoms with Gasteiger partial charge in [-0.3, -0.25) is 4.79 Å². The number of likely N-dealkylation sites (N-methyl/N-ethyl adjacent to an activating group) is 1. The number of nitrogens with zero attached hydrogens (tertiary/aromatic N) is 5. The van der Waals surface area contributed by atoms with Gasteiger partial charge in [0.15, 0.2) is 5.82 Å². The molecule has 0 saturated carbocycles. The molecule has 0 fully saturated rings. The first-order valence-electron chi connectivity index (χ1n) is 10.6. The minimum Gasteiger partial charge on any atom is -0.339 e. The maximum Gasteiger partial charge on any atom is 0.293 e. The van der Waals surface area contributed by atoms with Crippen molar-refractivity contribution in [1.29, 1.82) is 0 Å². The van der Waals surface area contributed by atoms with Crippen LogP contribution in [-0.2, 0) is 22.9 Å². The number of benzene rings is 2. The summed E-state index contributed by atoms with van der Waals surface area (Å²) >= 11 is 0. The summed E-state index contributed by atoms with van der Waals surface area (Å²) in [5.41, 5.74) is 2.11. The van der Waals surface area contributed by atoms with Crippen LogP contribution in [0.1, 0.15) is 27.6 Å². The average Bonchev–Trinajstić information content (AvgIpc) is 3.26. The van der Waals surface area contributed by atoms with Crippen LogP contribution >= 0.6 is 0 Å². The first kappa shape index (κ1) is 23.3. The second kappa shape index (κ2) is 9.94. The minimum atomic E-state index is -3.88. The van der Waals surface area contributed by atoms with Gasteiger partial charge in [-0.25, -0.2) is 23.5 Å². The number of primary sulfonamides is 1. The van der Waals surface area contributed by atoms with Crippen LogP contribution < -0.4 is 5.14 Å². The largest absolute Gasteiger partial charge is 0.339 e. The van der Waals surface area contributed by atoms with Gasteiger partial charge in [0.2, 0.25) is 15.8 Å². The molecule has 0 radical (unpaired) electrons. The minimum absolute atomic E-state index is 0.0406. The summed E-state index contributed by atoms with van der Waals surface area (Å²) < 4.78 is 24.6. The van der Waals surface area contributed by atoms with Gasteiger partial charge in [-0.2, -0.15) is 4.68 Å². The van der Waals surface area contributed by atoms with Crippen LogP contribution in [-0.4, -0.2) is 52.6 Å². The fourth-order valence-corrected chi connectivity index (χ4v) is 3.85. The SMILES string of the molecule is CN(CCc1ccccc1)C(=O)c1nc(Cc2ccccc2)n(-c2ccc(S(N)(=O)=O)cn2)n1. The lowest BCUT2D eigenvalue weighted by atomic mass is 10.1. The van der Waals surface area contributed by atoms with E-state index in [1.165, 1.54) is 16.8 Å². The van der Waals surface area contributed by atoms with Crippen LogP contribution in [0.25, 0.3) is 5.82 Å². The zero-order valence-electron chi connectivity index (χ0n) is 18.6. The van der Waals surface area contributed by atoms with Gasteiger partial charge in [0.1, 0.15) is 10.7 Å². The summed E-state index contributed by atoms with van der Waals surface area (Å²) in [6, 6.07) is 22.4. The van der Waals surface area contributed by atoms with Crippen molar-refractivity contribution >= 4 is 15.9 Å². The summed E-state index contributed by atoms with van der Waals surface area (Å²) in [5, 5.41) is 9.59. The van der Waals surface area contributed by atoms with Crippen molar-refractivity contribution < 1.29 is 13.2 Å². The van der Waals surface area contributed by atoms with Gasteiger partial charge in [0.05, 0.1) is 0 Å². The maximum absolute atomic E-state index is 13.1. The number of aromatic nitrogens is 4.